The van der Waals surface area contributed by atoms with E-state index in [4.69, 9.17) is 14.2 Å². The first-order valence-electron chi connectivity index (χ1n) is 13.0. The highest BCUT2D eigenvalue weighted by Gasteiger charge is 2.17. The zero-order valence-electron chi connectivity index (χ0n) is 23.6. The minimum Gasteiger partial charge on any atom is -0.512 e. The van der Waals surface area contributed by atoms with Crippen LogP contribution in [0.1, 0.15) is 71.6 Å². The van der Waals surface area contributed by atoms with Gasteiger partial charge in [0.15, 0.2) is 0 Å². The number of carbonyl (C=O) groups is 2. The maximum Gasteiger partial charge on any atom is 0.407 e. The average Bonchev–Trinajstić information content (AvgIpc) is 2.85. The normalized spacial score (nSPS) is 12.6. The van der Waals surface area contributed by atoms with Crippen molar-refractivity contribution in [3.63, 3.8) is 0 Å². The Hall–Kier alpha value is -3.74. The quantitative estimate of drug-likeness (QED) is 0.185. The summed E-state index contributed by atoms with van der Waals surface area (Å²) in [5, 5.41) is 13.6. The molecular formula is C31H41NO6. The first kappa shape index (κ1) is 30.5. The van der Waals surface area contributed by atoms with Crippen LogP contribution in [0.15, 0.2) is 66.1 Å². The van der Waals surface area contributed by atoms with Crippen LogP contribution in [0.25, 0.3) is 5.57 Å². The molecule has 38 heavy (non-hydrogen) atoms. The first-order chi connectivity index (χ1) is 17.9. The Bertz CT molecular complexity index is 1160. The van der Waals surface area contributed by atoms with Gasteiger partial charge >= 0.3 is 12.1 Å². The summed E-state index contributed by atoms with van der Waals surface area (Å²) in [5.74, 6) is 1.07. The van der Waals surface area contributed by atoms with Crippen LogP contribution in [-0.4, -0.2) is 29.4 Å². The van der Waals surface area contributed by atoms with Crippen molar-refractivity contribution in [2.24, 2.45) is 5.92 Å². The molecule has 0 aliphatic heterocycles. The van der Waals surface area contributed by atoms with E-state index >= 15 is 0 Å². The number of allylic oxidation sites excluding steroid dienone is 4. The summed E-state index contributed by atoms with van der Waals surface area (Å²) < 4.78 is 16.8. The van der Waals surface area contributed by atoms with Crippen molar-refractivity contribution in [2.45, 2.75) is 73.5 Å². The van der Waals surface area contributed by atoms with Gasteiger partial charge in [-0.3, -0.25) is 4.79 Å². The molecule has 0 atom stereocenters. The predicted octanol–water partition coefficient (Wildman–Crippen LogP) is 7.11. The molecule has 2 aromatic rings. The zero-order chi connectivity index (χ0) is 28.3. The largest absolute Gasteiger partial charge is 0.512 e. The minimum atomic E-state index is -0.582. The number of carbonyl (C=O) groups excluding carboxylic acids is 2. The molecule has 0 bridgehead atoms. The Kier molecular flexibility index (Phi) is 11.4. The number of rotatable bonds is 11. The summed E-state index contributed by atoms with van der Waals surface area (Å²) in [4.78, 5) is 24.2. The van der Waals surface area contributed by atoms with Gasteiger partial charge in [-0.2, -0.15) is 0 Å². The highest BCUT2D eigenvalue weighted by Crippen LogP contribution is 2.29. The van der Waals surface area contributed by atoms with Crippen molar-refractivity contribution in [3.8, 4) is 5.75 Å². The minimum absolute atomic E-state index is 0.0117. The Labute approximate surface area is 226 Å². The molecule has 206 valence electrons. The third-order valence-corrected chi connectivity index (χ3v) is 5.42. The smallest absolute Gasteiger partial charge is 0.407 e. The highest BCUT2D eigenvalue weighted by molar-refractivity contribution is 5.77. The first-order valence-corrected chi connectivity index (χ1v) is 13.0. The molecule has 0 aliphatic carbocycles. The lowest BCUT2D eigenvalue weighted by Crippen LogP contribution is -2.32. The summed E-state index contributed by atoms with van der Waals surface area (Å²) in [7, 11) is 0. The molecule has 2 aromatic carbocycles. The van der Waals surface area contributed by atoms with E-state index in [-0.39, 0.29) is 30.6 Å². The Morgan fingerprint density at radius 2 is 1.76 bits per heavy atom. The fourth-order valence-electron chi connectivity index (χ4n) is 3.56. The second kappa shape index (κ2) is 14.3. The monoisotopic (exact) mass is 523 g/mol. The van der Waals surface area contributed by atoms with Gasteiger partial charge in [-0.25, -0.2) is 4.79 Å². The second-order valence-electron chi connectivity index (χ2n) is 10.2. The van der Waals surface area contributed by atoms with Gasteiger partial charge in [-0.15, -0.1) is 0 Å². The number of hydrogen-bond donors (Lipinski definition) is 2. The molecule has 0 aromatic heterocycles. The molecule has 0 fully saturated rings. The summed E-state index contributed by atoms with van der Waals surface area (Å²) in [6.45, 7) is 13.7. The molecular weight excluding hydrogens is 482 g/mol. The van der Waals surface area contributed by atoms with Crippen LogP contribution in [-0.2, 0) is 27.2 Å². The Morgan fingerprint density at radius 1 is 1.05 bits per heavy atom. The van der Waals surface area contributed by atoms with E-state index in [9.17, 15) is 14.7 Å². The van der Waals surface area contributed by atoms with Gasteiger partial charge in [0.1, 0.15) is 17.1 Å². The number of benzene rings is 2. The molecule has 2 rings (SSSR count). The molecule has 0 heterocycles. The fourth-order valence-corrected chi connectivity index (χ4v) is 3.56. The maximum absolute atomic E-state index is 12.1. The van der Waals surface area contributed by atoms with E-state index in [1.807, 2.05) is 96.1 Å². The molecule has 7 heteroatoms. The summed E-state index contributed by atoms with van der Waals surface area (Å²) in [6, 6.07) is 15.0. The highest BCUT2D eigenvalue weighted by atomic mass is 16.6. The Balaban J connectivity index is 2.37. The topological polar surface area (TPSA) is 94.1 Å². The van der Waals surface area contributed by atoms with E-state index in [2.05, 4.69) is 5.32 Å². The Morgan fingerprint density at radius 3 is 2.39 bits per heavy atom. The fraction of sp³-hybridized carbons (Fsp3) is 0.419. The molecule has 7 nitrogen and oxygen atoms in total. The number of alkyl carbamates (subject to hydrolysis) is 1. The van der Waals surface area contributed by atoms with Crippen LogP contribution in [0, 0.1) is 5.92 Å². The van der Waals surface area contributed by atoms with Crippen LogP contribution in [0.5, 0.6) is 5.75 Å². The lowest BCUT2D eigenvalue weighted by atomic mass is 9.98. The lowest BCUT2D eigenvalue weighted by molar-refractivity contribution is -0.142. The SMILES string of the molecule is CCOC(=O)Cc1ccccc1O/C(=C/C(=C(/O)CC)c1cccc(CNC(=O)OC(C)(C)C)c1)C(C)C. The van der Waals surface area contributed by atoms with Crippen molar-refractivity contribution < 1.29 is 28.9 Å². The number of amides is 1. The zero-order valence-corrected chi connectivity index (χ0v) is 23.6. The standard InChI is InChI=1S/C31H41NO6/c1-8-26(33)25(23-15-12-13-22(17-23)20-32-30(35)38-31(5,6)7)19-28(21(3)4)37-27-16-11-10-14-24(27)18-29(34)36-9-2/h10-17,19,21,33H,8-9,18,20H2,1-7H3,(H,32,35)/b26-25-,28-19+. The van der Waals surface area contributed by atoms with Crippen LogP contribution >= 0.6 is 0 Å². The maximum atomic E-state index is 12.1. The molecule has 2 N–H and O–H groups in total. The van der Waals surface area contributed by atoms with Crippen LogP contribution in [0.2, 0.25) is 0 Å². The number of ether oxygens (including phenoxy) is 3. The third-order valence-electron chi connectivity index (χ3n) is 5.42. The predicted molar refractivity (Wildman–Crippen MR) is 150 cm³/mol. The molecule has 0 saturated heterocycles. The summed E-state index contributed by atoms with van der Waals surface area (Å²) in [5.41, 5.74) is 2.40. The van der Waals surface area contributed by atoms with E-state index in [0.29, 0.717) is 30.1 Å². The third kappa shape index (κ3) is 9.96. The van der Waals surface area contributed by atoms with Gasteiger partial charge in [0.2, 0.25) is 0 Å². The number of esters is 1. The van der Waals surface area contributed by atoms with Crippen molar-refractivity contribution in [1.29, 1.82) is 0 Å². The van der Waals surface area contributed by atoms with Gasteiger partial charge in [0.25, 0.3) is 0 Å². The van der Waals surface area contributed by atoms with Crippen LogP contribution in [0.3, 0.4) is 0 Å². The van der Waals surface area contributed by atoms with Crippen molar-refractivity contribution in [1.82, 2.24) is 5.32 Å². The van der Waals surface area contributed by atoms with E-state index in [0.717, 1.165) is 16.7 Å². The van der Waals surface area contributed by atoms with Crippen LogP contribution < -0.4 is 10.1 Å². The molecule has 0 aliphatic rings. The number of nitrogens with one attached hydrogen (secondary N) is 1. The number of aliphatic hydroxyl groups excluding tert-OH is 1. The van der Waals surface area contributed by atoms with Gasteiger partial charge in [-0.1, -0.05) is 57.2 Å². The second-order valence-corrected chi connectivity index (χ2v) is 10.2. The van der Waals surface area contributed by atoms with Crippen molar-refractivity contribution in [2.75, 3.05) is 6.61 Å². The van der Waals surface area contributed by atoms with Crippen molar-refractivity contribution >= 4 is 17.6 Å². The van der Waals surface area contributed by atoms with Crippen LogP contribution in [0.4, 0.5) is 4.79 Å². The van der Waals surface area contributed by atoms with E-state index < -0.39 is 11.7 Å². The number of para-hydroxylation sites is 1. The van der Waals surface area contributed by atoms with Gasteiger partial charge < -0.3 is 24.6 Å². The van der Waals surface area contributed by atoms with Gasteiger partial charge in [0, 0.05) is 30.0 Å². The molecule has 1 amide bonds. The number of aliphatic hydroxyl groups is 1. The molecule has 0 unspecified atom stereocenters. The van der Waals surface area contributed by atoms with Gasteiger partial charge in [0.05, 0.1) is 18.8 Å². The van der Waals surface area contributed by atoms with Gasteiger partial charge in [-0.05, 0) is 57.0 Å². The molecule has 0 spiro atoms. The lowest BCUT2D eigenvalue weighted by Gasteiger charge is -2.20. The average molecular weight is 524 g/mol. The molecule has 0 saturated carbocycles. The summed E-state index contributed by atoms with van der Waals surface area (Å²) >= 11 is 0. The van der Waals surface area contributed by atoms with E-state index in [1.54, 1.807) is 6.92 Å². The molecule has 0 radical (unpaired) electrons. The van der Waals surface area contributed by atoms with Crippen molar-refractivity contribution in [3.05, 3.63) is 82.8 Å². The van der Waals surface area contributed by atoms with E-state index in [1.165, 1.54) is 0 Å². The number of hydrogen-bond acceptors (Lipinski definition) is 6. The summed E-state index contributed by atoms with van der Waals surface area (Å²) in [6.07, 6.45) is 1.87.